The van der Waals surface area contributed by atoms with Crippen LogP contribution in [0.15, 0.2) is 42.5 Å². The fourth-order valence-corrected chi connectivity index (χ4v) is 4.39. The third-order valence-electron chi connectivity index (χ3n) is 6.64. The van der Waals surface area contributed by atoms with Crippen LogP contribution >= 0.6 is 0 Å². The van der Waals surface area contributed by atoms with Crippen molar-refractivity contribution in [3.05, 3.63) is 59.2 Å². The first-order chi connectivity index (χ1) is 16.9. The zero-order valence-corrected chi connectivity index (χ0v) is 21.5. The van der Waals surface area contributed by atoms with Crippen LogP contribution in [0.5, 0.6) is 5.75 Å². The molecule has 1 aliphatic heterocycles. The Balaban J connectivity index is 1.85. The van der Waals surface area contributed by atoms with E-state index in [0.29, 0.717) is 25.4 Å². The highest BCUT2D eigenvalue weighted by atomic mass is 19.4. The highest BCUT2D eigenvalue weighted by molar-refractivity contribution is 5.80. The summed E-state index contributed by atoms with van der Waals surface area (Å²) in [5.74, 6) is 0.521. The van der Waals surface area contributed by atoms with E-state index in [9.17, 15) is 23.1 Å². The fraction of sp³-hybridized carbons (Fsp3) is 0.519. The van der Waals surface area contributed by atoms with E-state index in [0.717, 1.165) is 28.9 Å². The maximum Gasteiger partial charge on any atom is 0.416 e. The summed E-state index contributed by atoms with van der Waals surface area (Å²) in [6.45, 7) is 5.09. The molecule has 0 bridgehead atoms. The van der Waals surface area contributed by atoms with Crippen molar-refractivity contribution in [3.8, 4) is 5.75 Å². The van der Waals surface area contributed by atoms with Gasteiger partial charge in [0.1, 0.15) is 11.9 Å². The second-order valence-electron chi connectivity index (χ2n) is 9.97. The Bertz CT molecular complexity index is 1030. The van der Waals surface area contributed by atoms with Gasteiger partial charge >= 0.3 is 6.18 Å². The van der Waals surface area contributed by atoms with Gasteiger partial charge in [0.15, 0.2) is 0 Å². The number of likely N-dealkylation sites (N-methyl/N-ethyl adjacent to an activating group) is 1. The second-order valence-corrected chi connectivity index (χ2v) is 9.97. The number of hydrogen-bond donors (Lipinski definition) is 1. The first-order valence-electron chi connectivity index (χ1n) is 12.1. The zero-order valence-electron chi connectivity index (χ0n) is 21.5. The molecule has 198 valence electrons. The van der Waals surface area contributed by atoms with Gasteiger partial charge in [0, 0.05) is 50.9 Å². The van der Waals surface area contributed by atoms with E-state index in [4.69, 9.17) is 4.74 Å². The largest absolute Gasteiger partial charge is 0.488 e. The van der Waals surface area contributed by atoms with Gasteiger partial charge in [-0.1, -0.05) is 19.1 Å². The van der Waals surface area contributed by atoms with E-state index in [-0.39, 0.29) is 37.0 Å². The number of carbonyl (C=O) groups excluding carboxylic acids is 1. The molecule has 6 nitrogen and oxygen atoms in total. The number of carbonyl (C=O) groups is 1. The predicted molar refractivity (Wildman–Crippen MR) is 134 cm³/mol. The molecular formula is C27H36F3N3O3. The van der Waals surface area contributed by atoms with Gasteiger partial charge in [0.2, 0.25) is 5.91 Å². The lowest BCUT2D eigenvalue weighted by Gasteiger charge is -2.34. The first-order valence-corrected chi connectivity index (χ1v) is 12.1. The van der Waals surface area contributed by atoms with Gasteiger partial charge in [-0.2, -0.15) is 13.2 Å². The van der Waals surface area contributed by atoms with Crippen LogP contribution in [0.3, 0.4) is 0 Å². The number of benzene rings is 2. The van der Waals surface area contributed by atoms with Crippen LogP contribution in [-0.2, 0) is 23.9 Å². The average molecular weight is 508 g/mol. The van der Waals surface area contributed by atoms with Gasteiger partial charge in [-0.15, -0.1) is 0 Å². The summed E-state index contributed by atoms with van der Waals surface area (Å²) in [5, 5.41) is 9.77. The summed E-state index contributed by atoms with van der Waals surface area (Å²) in [6.07, 6.45) is -4.48. The van der Waals surface area contributed by atoms with Crippen LogP contribution in [-0.4, -0.2) is 73.8 Å². The first kappa shape index (κ1) is 27.8. The molecule has 36 heavy (non-hydrogen) atoms. The molecule has 0 radical (unpaired) electrons. The summed E-state index contributed by atoms with van der Waals surface area (Å²) < 4.78 is 45.2. The maximum absolute atomic E-state index is 13.2. The lowest BCUT2D eigenvalue weighted by atomic mass is 10.0. The zero-order chi connectivity index (χ0) is 26.6. The van der Waals surface area contributed by atoms with Gasteiger partial charge in [0.05, 0.1) is 24.6 Å². The van der Waals surface area contributed by atoms with Crippen LogP contribution in [0.4, 0.5) is 18.9 Å². The quantitative estimate of drug-likeness (QED) is 0.613. The van der Waals surface area contributed by atoms with Crippen molar-refractivity contribution in [2.75, 3.05) is 45.7 Å². The average Bonchev–Trinajstić information content (AvgIpc) is 2.85. The minimum absolute atomic E-state index is 0.0579. The normalized spacial score (nSPS) is 19.7. The van der Waals surface area contributed by atoms with Gasteiger partial charge in [-0.25, -0.2) is 0 Å². The topological polar surface area (TPSA) is 56.3 Å². The molecule has 9 heteroatoms. The summed E-state index contributed by atoms with van der Waals surface area (Å²) in [5.41, 5.74) is 1.84. The Hall–Kier alpha value is -2.78. The molecule has 0 saturated carbocycles. The third kappa shape index (κ3) is 6.91. The monoisotopic (exact) mass is 507 g/mol. The lowest BCUT2D eigenvalue weighted by molar-refractivity contribution is -0.137. The Morgan fingerprint density at radius 1 is 1.14 bits per heavy atom. The van der Waals surface area contributed by atoms with Crippen molar-refractivity contribution in [2.45, 2.75) is 45.1 Å². The van der Waals surface area contributed by atoms with E-state index < -0.39 is 11.7 Å². The van der Waals surface area contributed by atoms with Crippen LogP contribution in [0.2, 0.25) is 0 Å². The summed E-state index contributed by atoms with van der Waals surface area (Å²) in [4.78, 5) is 18.9. The predicted octanol–water partition coefficient (Wildman–Crippen LogP) is 4.05. The molecule has 1 heterocycles. The van der Waals surface area contributed by atoms with Crippen molar-refractivity contribution in [3.63, 3.8) is 0 Å². The van der Waals surface area contributed by atoms with E-state index in [1.165, 1.54) is 12.1 Å². The van der Waals surface area contributed by atoms with E-state index in [1.807, 2.05) is 63.0 Å². The molecule has 0 aliphatic carbocycles. The number of nitrogens with zero attached hydrogens (tertiary/aromatic N) is 3. The summed E-state index contributed by atoms with van der Waals surface area (Å²) in [7, 11) is 5.76. The molecule has 2 aromatic carbocycles. The molecule has 1 N–H and O–H groups in total. The molecule has 3 rings (SSSR count). The standard InChI is InChI=1S/C27H36F3N3O3/c1-18-14-33(19(2)17-34)26(35)13-21-12-23(31(3)4)10-11-24(21)36-25(18)16-32(5)15-20-6-8-22(9-7-20)27(28,29)30/h6-12,18-19,25,34H,13-17H2,1-5H3/t18-,19+,25-/m1/s1. The van der Waals surface area contributed by atoms with Gasteiger partial charge in [0.25, 0.3) is 0 Å². The van der Waals surface area contributed by atoms with Crippen molar-refractivity contribution < 1.29 is 27.8 Å². The molecule has 1 amide bonds. The molecule has 1 aliphatic rings. The molecule has 0 saturated heterocycles. The van der Waals surface area contributed by atoms with E-state index >= 15 is 0 Å². The molecule has 0 fully saturated rings. The number of anilines is 1. The van der Waals surface area contributed by atoms with Crippen LogP contribution < -0.4 is 9.64 Å². The molecule has 0 unspecified atom stereocenters. The van der Waals surface area contributed by atoms with Crippen LogP contribution in [0.25, 0.3) is 0 Å². The van der Waals surface area contributed by atoms with Crippen LogP contribution in [0, 0.1) is 5.92 Å². The Morgan fingerprint density at radius 3 is 2.39 bits per heavy atom. The highest BCUT2D eigenvalue weighted by Gasteiger charge is 2.32. The minimum atomic E-state index is -4.36. The number of hydrogen-bond acceptors (Lipinski definition) is 5. The molecule has 2 aromatic rings. The number of rotatable bonds is 7. The lowest BCUT2D eigenvalue weighted by Crippen LogP contribution is -2.47. The number of halogens is 3. The van der Waals surface area contributed by atoms with Gasteiger partial charge in [-0.05, 0) is 49.9 Å². The van der Waals surface area contributed by atoms with Gasteiger partial charge in [-0.3, -0.25) is 9.69 Å². The Morgan fingerprint density at radius 2 is 1.81 bits per heavy atom. The van der Waals surface area contributed by atoms with Crippen molar-refractivity contribution >= 4 is 11.6 Å². The SMILES string of the molecule is C[C@@H]1CN([C@@H](C)CO)C(=O)Cc2cc(N(C)C)ccc2O[C@@H]1CN(C)Cc1ccc(C(F)(F)F)cc1. The summed E-state index contributed by atoms with van der Waals surface area (Å²) in [6, 6.07) is 10.6. The Labute approximate surface area is 211 Å². The molecule has 0 aromatic heterocycles. The third-order valence-corrected chi connectivity index (χ3v) is 6.64. The number of fused-ring (bicyclic) bond motifs is 1. The molecule has 3 atom stereocenters. The van der Waals surface area contributed by atoms with Crippen molar-refractivity contribution in [1.82, 2.24) is 9.80 Å². The number of aliphatic hydroxyl groups excluding tert-OH is 1. The van der Waals surface area contributed by atoms with Crippen molar-refractivity contribution in [2.24, 2.45) is 5.92 Å². The number of aliphatic hydroxyl groups is 1. The highest BCUT2D eigenvalue weighted by Crippen LogP contribution is 2.31. The number of alkyl halides is 3. The number of ether oxygens (including phenoxy) is 1. The van der Waals surface area contributed by atoms with Crippen molar-refractivity contribution in [1.29, 1.82) is 0 Å². The summed E-state index contributed by atoms with van der Waals surface area (Å²) >= 11 is 0. The Kier molecular flexibility index (Phi) is 8.89. The smallest absolute Gasteiger partial charge is 0.416 e. The maximum atomic E-state index is 13.2. The number of amides is 1. The second kappa shape index (κ2) is 11.5. The minimum Gasteiger partial charge on any atom is -0.488 e. The van der Waals surface area contributed by atoms with E-state index in [2.05, 4.69) is 0 Å². The molecule has 0 spiro atoms. The van der Waals surface area contributed by atoms with E-state index in [1.54, 1.807) is 4.90 Å². The fourth-order valence-electron chi connectivity index (χ4n) is 4.39. The van der Waals surface area contributed by atoms with Gasteiger partial charge < -0.3 is 19.6 Å². The molecular weight excluding hydrogens is 471 g/mol. The van der Waals surface area contributed by atoms with Crippen LogP contribution in [0.1, 0.15) is 30.5 Å².